The number of aromatic nitrogens is 1. The Morgan fingerprint density at radius 2 is 1.57 bits per heavy atom. The lowest BCUT2D eigenvalue weighted by Gasteiger charge is -2.39. The highest BCUT2D eigenvalue weighted by molar-refractivity contribution is 7.91. The van der Waals surface area contributed by atoms with Crippen molar-refractivity contribution in [3.63, 3.8) is 0 Å². The Hall–Kier alpha value is -2.44. The van der Waals surface area contributed by atoms with E-state index >= 15 is 0 Å². The third-order valence-electron chi connectivity index (χ3n) is 5.41. The number of anilines is 1. The van der Waals surface area contributed by atoms with E-state index in [9.17, 15) is 8.42 Å². The minimum atomic E-state index is -3.64. The highest BCUT2D eigenvalue weighted by atomic mass is 32.2. The predicted octanol–water partition coefficient (Wildman–Crippen LogP) is 4.24. The molecule has 2 heterocycles. The molecule has 1 saturated heterocycles. The van der Waals surface area contributed by atoms with Crippen molar-refractivity contribution < 1.29 is 8.42 Å². The molecule has 0 spiro atoms. The number of benzene rings is 2. The van der Waals surface area contributed by atoms with Crippen molar-refractivity contribution in [2.24, 2.45) is 5.41 Å². The van der Waals surface area contributed by atoms with Crippen LogP contribution in [0.25, 0.3) is 10.9 Å². The minimum absolute atomic E-state index is 0.0972. The van der Waals surface area contributed by atoms with Crippen LogP contribution in [0.2, 0.25) is 0 Å². The van der Waals surface area contributed by atoms with Crippen LogP contribution in [-0.4, -0.2) is 51.0 Å². The van der Waals surface area contributed by atoms with Gasteiger partial charge in [0.25, 0.3) is 0 Å². The summed E-state index contributed by atoms with van der Waals surface area (Å²) in [5, 5.41) is 1.05. The fourth-order valence-corrected chi connectivity index (χ4v) is 5.27. The van der Waals surface area contributed by atoms with Crippen molar-refractivity contribution in [1.82, 2.24) is 9.88 Å². The standard InChI is InChI=1S/C24H29N3O2S/c1-24(2,3)18-26-14-16-27(17-15-26)21-11-7-8-19-12-13-22(25-23(19)21)30(28,29)20-9-5-4-6-10-20/h4-13H,14-18H2,1-3H3. The van der Waals surface area contributed by atoms with Gasteiger partial charge in [0.15, 0.2) is 5.03 Å². The molecular formula is C24H29N3O2S. The summed E-state index contributed by atoms with van der Waals surface area (Å²) in [5.41, 5.74) is 2.04. The van der Waals surface area contributed by atoms with Gasteiger partial charge in [-0.3, -0.25) is 4.90 Å². The summed E-state index contributed by atoms with van der Waals surface area (Å²) in [7, 11) is -3.64. The predicted molar refractivity (Wildman–Crippen MR) is 122 cm³/mol. The van der Waals surface area contributed by atoms with Gasteiger partial charge in [0.05, 0.1) is 16.1 Å². The molecular weight excluding hydrogens is 394 g/mol. The average molecular weight is 424 g/mol. The normalized spacial score (nSPS) is 16.2. The number of rotatable bonds is 4. The number of fused-ring (bicyclic) bond motifs is 1. The molecule has 0 N–H and O–H groups in total. The molecule has 0 atom stereocenters. The average Bonchev–Trinajstić information content (AvgIpc) is 2.73. The van der Waals surface area contributed by atoms with E-state index in [1.165, 1.54) is 0 Å². The summed E-state index contributed by atoms with van der Waals surface area (Å²) in [5.74, 6) is 0. The van der Waals surface area contributed by atoms with E-state index < -0.39 is 9.84 Å². The maximum atomic E-state index is 13.1. The number of piperazine rings is 1. The zero-order valence-electron chi connectivity index (χ0n) is 17.9. The second kappa shape index (κ2) is 8.00. The maximum Gasteiger partial charge on any atom is 0.223 e. The molecule has 2 aromatic carbocycles. The Labute approximate surface area is 179 Å². The Morgan fingerprint density at radius 1 is 0.867 bits per heavy atom. The van der Waals surface area contributed by atoms with E-state index in [-0.39, 0.29) is 15.3 Å². The summed E-state index contributed by atoms with van der Waals surface area (Å²) < 4.78 is 26.1. The molecule has 4 rings (SSSR count). The van der Waals surface area contributed by atoms with E-state index in [4.69, 9.17) is 0 Å². The first-order chi connectivity index (χ1) is 14.2. The third-order valence-corrected chi connectivity index (χ3v) is 7.08. The quantitative estimate of drug-likeness (QED) is 0.628. The van der Waals surface area contributed by atoms with Crippen LogP contribution in [0.3, 0.4) is 0 Å². The Bertz CT molecular complexity index is 1130. The first kappa shape index (κ1) is 20.8. The lowest BCUT2D eigenvalue weighted by atomic mass is 9.96. The summed E-state index contributed by atoms with van der Waals surface area (Å²) in [6, 6.07) is 18.0. The molecule has 1 fully saturated rings. The molecule has 30 heavy (non-hydrogen) atoms. The fourth-order valence-electron chi connectivity index (χ4n) is 4.06. The van der Waals surface area contributed by atoms with Gasteiger partial charge in [0.1, 0.15) is 0 Å². The number of nitrogens with zero attached hydrogens (tertiary/aromatic N) is 3. The second-order valence-corrected chi connectivity index (χ2v) is 11.0. The number of para-hydroxylation sites is 1. The van der Waals surface area contributed by atoms with Crippen LogP contribution in [0.15, 0.2) is 70.6 Å². The molecule has 3 aromatic rings. The molecule has 0 unspecified atom stereocenters. The van der Waals surface area contributed by atoms with E-state index in [1.54, 1.807) is 30.3 Å². The van der Waals surface area contributed by atoms with Gasteiger partial charge < -0.3 is 4.90 Å². The van der Waals surface area contributed by atoms with Crippen LogP contribution >= 0.6 is 0 Å². The lowest BCUT2D eigenvalue weighted by Crippen LogP contribution is -2.48. The van der Waals surface area contributed by atoms with Crippen molar-refractivity contribution in [1.29, 1.82) is 0 Å². The molecule has 1 aliphatic heterocycles. The van der Waals surface area contributed by atoms with E-state index in [0.29, 0.717) is 0 Å². The van der Waals surface area contributed by atoms with Gasteiger partial charge in [-0.1, -0.05) is 51.1 Å². The summed E-state index contributed by atoms with van der Waals surface area (Å²) >= 11 is 0. The summed E-state index contributed by atoms with van der Waals surface area (Å²) in [6.07, 6.45) is 0. The first-order valence-electron chi connectivity index (χ1n) is 10.4. The zero-order valence-corrected chi connectivity index (χ0v) is 18.7. The van der Waals surface area contributed by atoms with Crippen molar-refractivity contribution in [3.05, 3.63) is 60.7 Å². The largest absolute Gasteiger partial charge is 0.367 e. The molecule has 0 saturated carbocycles. The van der Waals surface area contributed by atoms with Crippen LogP contribution in [0.1, 0.15) is 20.8 Å². The van der Waals surface area contributed by atoms with Gasteiger partial charge in [-0.15, -0.1) is 0 Å². The molecule has 0 bridgehead atoms. The topological polar surface area (TPSA) is 53.5 Å². The van der Waals surface area contributed by atoms with Crippen LogP contribution in [0.4, 0.5) is 5.69 Å². The van der Waals surface area contributed by atoms with Gasteiger partial charge in [0, 0.05) is 38.1 Å². The first-order valence-corrected chi connectivity index (χ1v) is 11.9. The molecule has 1 aromatic heterocycles. The number of hydrogen-bond acceptors (Lipinski definition) is 5. The van der Waals surface area contributed by atoms with Gasteiger partial charge >= 0.3 is 0 Å². The maximum absolute atomic E-state index is 13.1. The van der Waals surface area contributed by atoms with E-state index in [1.807, 2.05) is 30.3 Å². The van der Waals surface area contributed by atoms with Gasteiger partial charge in [-0.2, -0.15) is 0 Å². The molecule has 158 valence electrons. The van der Waals surface area contributed by atoms with Gasteiger partial charge in [-0.05, 0) is 35.7 Å². The van der Waals surface area contributed by atoms with Crippen molar-refractivity contribution in [3.8, 4) is 0 Å². The van der Waals surface area contributed by atoms with Crippen molar-refractivity contribution in [2.45, 2.75) is 30.7 Å². The highest BCUT2D eigenvalue weighted by Gasteiger charge is 2.24. The Balaban J connectivity index is 1.65. The smallest absolute Gasteiger partial charge is 0.223 e. The van der Waals surface area contributed by atoms with Crippen LogP contribution in [-0.2, 0) is 9.84 Å². The molecule has 0 aliphatic carbocycles. The van der Waals surface area contributed by atoms with Crippen molar-refractivity contribution in [2.75, 3.05) is 37.6 Å². The van der Waals surface area contributed by atoms with Crippen LogP contribution in [0.5, 0.6) is 0 Å². The molecule has 5 nitrogen and oxygen atoms in total. The fraction of sp³-hybridized carbons (Fsp3) is 0.375. The van der Waals surface area contributed by atoms with E-state index in [0.717, 1.165) is 49.3 Å². The monoisotopic (exact) mass is 423 g/mol. The van der Waals surface area contributed by atoms with Gasteiger partial charge in [0.2, 0.25) is 9.84 Å². The summed E-state index contributed by atoms with van der Waals surface area (Å²) in [6.45, 7) is 11.7. The second-order valence-electron chi connectivity index (χ2n) is 9.14. The Morgan fingerprint density at radius 3 is 2.23 bits per heavy atom. The minimum Gasteiger partial charge on any atom is -0.367 e. The highest BCUT2D eigenvalue weighted by Crippen LogP contribution is 2.29. The van der Waals surface area contributed by atoms with Crippen LogP contribution < -0.4 is 4.90 Å². The van der Waals surface area contributed by atoms with E-state index in [2.05, 4.69) is 35.6 Å². The Kier molecular flexibility index (Phi) is 5.55. The molecule has 0 amide bonds. The third kappa shape index (κ3) is 4.35. The number of pyridine rings is 1. The summed E-state index contributed by atoms with van der Waals surface area (Å²) in [4.78, 5) is 9.73. The van der Waals surface area contributed by atoms with Crippen molar-refractivity contribution >= 4 is 26.4 Å². The lowest BCUT2D eigenvalue weighted by molar-refractivity contribution is 0.182. The molecule has 0 radical (unpaired) electrons. The van der Waals surface area contributed by atoms with Crippen LogP contribution in [0, 0.1) is 5.41 Å². The van der Waals surface area contributed by atoms with Gasteiger partial charge in [-0.25, -0.2) is 13.4 Å². The SMILES string of the molecule is CC(C)(C)CN1CCN(c2cccc3ccc(S(=O)(=O)c4ccccc4)nc23)CC1. The number of sulfone groups is 1. The molecule has 6 heteroatoms. The zero-order chi connectivity index (χ0) is 21.4. The number of hydrogen-bond donors (Lipinski definition) is 0. The molecule has 1 aliphatic rings.